The van der Waals surface area contributed by atoms with Crippen molar-refractivity contribution < 1.29 is 19.2 Å². The van der Waals surface area contributed by atoms with Crippen LogP contribution in [0, 0.1) is 0 Å². The van der Waals surface area contributed by atoms with E-state index in [2.05, 4.69) is 26.2 Å². The van der Waals surface area contributed by atoms with Crippen LogP contribution in [-0.2, 0) is 4.57 Å². The zero-order chi connectivity index (χ0) is 9.00. The molecule has 0 radical (unpaired) electrons. The van der Waals surface area contributed by atoms with Gasteiger partial charge < -0.3 is 14.7 Å². The van der Waals surface area contributed by atoms with Crippen molar-refractivity contribution in [3.63, 3.8) is 0 Å². The number of hydrogen-bond donors (Lipinski definition) is 3. The van der Waals surface area contributed by atoms with Crippen molar-refractivity contribution in [3.05, 3.63) is 0 Å². The minimum absolute atomic E-state index is 0.611. The van der Waals surface area contributed by atoms with Gasteiger partial charge in [0.05, 0.1) is 0 Å². The van der Waals surface area contributed by atoms with Crippen LogP contribution >= 0.6 is 7.82 Å². The second-order valence-electron chi connectivity index (χ2n) is 3.51. The Morgan fingerprint density at radius 3 is 1.00 bits per heavy atom. The molecule has 4 nitrogen and oxygen atoms in total. The highest BCUT2D eigenvalue weighted by molar-refractivity contribution is 7.45. The highest BCUT2D eigenvalue weighted by atomic mass is 31.2. The minimum atomic E-state index is -4.64. The van der Waals surface area contributed by atoms with Gasteiger partial charge >= 0.3 is 7.82 Å². The lowest BCUT2D eigenvalue weighted by Gasteiger charge is -2.01. The van der Waals surface area contributed by atoms with Gasteiger partial charge in [-0.05, 0) is 0 Å². The van der Waals surface area contributed by atoms with Gasteiger partial charge in [-0.3, -0.25) is 0 Å². The van der Waals surface area contributed by atoms with Crippen molar-refractivity contribution in [2.45, 2.75) is 26.2 Å². The van der Waals surface area contributed by atoms with Crippen LogP contribution in [0.25, 0.3) is 0 Å². The van der Waals surface area contributed by atoms with Crippen molar-refractivity contribution >= 4 is 15.9 Å². The molecule has 0 aliphatic carbocycles. The van der Waals surface area contributed by atoms with E-state index in [0.717, 1.165) is 0 Å². The van der Waals surface area contributed by atoms with Crippen LogP contribution < -0.4 is 0 Å². The normalized spacial score (nSPS) is 11.9. The van der Waals surface area contributed by atoms with Gasteiger partial charge in [0.2, 0.25) is 0 Å². The molecular weight excluding hydrogens is 171 g/mol. The molecule has 0 aromatic heterocycles. The van der Waals surface area contributed by atoms with E-state index >= 15 is 0 Å². The van der Waals surface area contributed by atoms with E-state index in [9.17, 15) is 0 Å². The van der Waals surface area contributed by atoms with Gasteiger partial charge in [-0.25, -0.2) is 4.57 Å². The molecule has 0 unspecified atom stereocenters. The zero-order valence-corrected chi connectivity index (χ0v) is 8.59. The summed E-state index contributed by atoms with van der Waals surface area (Å²) in [5, 5.41) is 0. The molecule has 0 aliphatic rings. The maximum atomic E-state index is 8.88. The Morgan fingerprint density at radius 2 is 1.00 bits per heavy atom. The number of phosphoric acid groups is 1. The van der Waals surface area contributed by atoms with E-state index in [1.165, 1.54) is 0 Å². The van der Waals surface area contributed by atoms with Gasteiger partial charge in [0.1, 0.15) is 0 Å². The summed E-state index contributed by atoms with van der Waals surface area (Å²) in [6, 6.07) is 0. The summed E-state index contributed by atoms with van der Waals surface area (Å²) in [5.74, 6) is 0. The van der Waals surface area contributed by atoms with E-state index in [1.54, 1.807) is 0 Å². The summed E-state index contributed by atoms with van der Waals surface area (Å²) in [6.45, 7) is 9.31. The number of hydrogen-bond acceptors (Lipinski definition) is 1. The van der Waals surface area contributed by atoms with Gasteiger partial charge in [0, 0.05) is 8.07 Å². The molecule has 3 N–H and O–H groups in total. The first-order valence-corrected chi connectivity index (χ1v) is 8.35. The van der Waals surface area contributed by atoms with Crippen LogP contribution in [0.2, 0.25) is 26.2 Å². The second-order valence-corrected chi connectivity index (χ2v) is 10.5. The van der Waals surface area contributed by atoms with E-state index < -0.39 is 15.9 Å². The van der Waals surface area contributed by atoms with Crippen LogP contribution in [0.1, 0.15) is 0 Å². The third-order valence-electron chi connectivity index (χ3n) is 0. The van der Waals surface area contributed by atoms with E-state index in [-0.39, 0.29) is 0 Å². The summed E-state index contributed by atoms with van der Waals surface area (Å²) in [7, 11) is -5.25. The largest absolute Gasteiger partial charge is 0.466 e. The summed E-state index contributed by atoms with van der Waals surface area (Å²) in [4.78, 5) is 21.6. The molecule has 0 atom stereocenters. The van der Waals surface area contributed by atoms with Crippen LogP contribution in [0.15, 0.2) is 0 Å². The third kappa shape index (κ3) is 4180. The van der Waals surface area contributed by atoms with Crippen molar-refractivity contribution in [3.8, 4) is 0 Å². The van der Waals surface area contributed by atoms with Gasteiger partial charge in [0.15, 0.2) is 0 Å². The van der Waals surface area contributed by atoms with E-state index in [1.807, 2.05) is 0 Å². The predicted octanol–water partition coefficient (Wildman–Crippen LogP) is 1.03. The molecule has 0 aromatic rings. The quantitative estimate of drug-likeness (QED) is 0.390. The molecule has 0 bridgehead atoms. The van der Waals surface area contributed by atoms with Gasteiger partial charge in [0.25, 0.3) is 0 Å². The summed E-state index contributed by atoms with van der Waals surface area (Å²) >= 11 is 0. The smallest absolute Gasteiger partial charge is 0.303 e. The van der Waals surface area contributed by atoms with Crippen LogP contribution in [0.5, 0.6) is 0 Å². The topological polar surface area (TPSA) is 77.8 Å². The van der Waals surface area contributed by atoms with E-state index in [0.29, 0.717) is 0 Å². The SMILES string of the molecule is C[Si](C)(C)C.O=P(O)(O)O. The molecule has 0 heterocycles. The van der Waals surface area contributed by atoms with Gasteiger partial charge in [-0.1, -0.05) is 26.2 Å². The maximum Gasteiger partial charge on any atom is 0.466 e. The summed E-state index contributed by atoms with van der Waals surface area (Å²) < 4.78 is 8.88. The zero-order valence-electron chi connectivity index (χ0n) is 6.70. The molecule has 0 amide bonds. The van der Waals surface area contributed by atoms with Crippen molar-refractivity contribution in [1.82, 2.24) is 0 Å². The highest BCUT2D eigenvalue weighted by Gasteiger charge is 2.00. The molecule has 0 saturated heterocycles. The van der Waals surface area contributed by atoms with Crippen LogP contribution in [0.3, 0.4) is 0 Å². The Labute approximate surface area is 62.2 Å². The molecule has 10 heavy (non-hydrogen) atoms. The van der Waals surface area contributed by atoms with E-state index in [4.69, 9.17) is 19.2 Å². The second kappa shape index (κ2) is 4.26. The fourth-order valence-corrected chi connectivity index (χ4v) is 0. The Morgan fingerprint density at radius 1 is 1.00 bits per heavy atom. The fourth-order valence-electron chi connectivity index (χ4n) is 0. The third-order valence-corrected chi connectivity index (χ3v) is 0. The molecule has 6 heteroatoms. The Balaban J connectivity index is 0. The predicted molar refractivity (Wildman–Crippen MR) is 43.5 cm³/mol. The first-order chi connectivity index (χ1) is 4.00. The van der Waals surface area contributed by atoms with Crippen LogP contribution in [0.4, 0.5) is 0 Å². The van der Waals surface area contributed by atoms with Crippen molar-refractivity contribution in [1.29, 1.82) is 0 Å². The van der Waals surface area contributed by atoms with Crippen LogP contribution in [-0.4, -0.2) is 22.8 Å². The Bertz CT molecular complexity index is 109. The molecule has 0 spiro atoms. The molecule has 64 valence electrons. The lowest BCUT2D eigenvalue weighted by Crippen LogP contribution is -2.10. The van der Waals surface area contributed by atoms with Crippen molar-refractivity contribution in [2.24, 2.45) is 0 Å². The van der Waals surface area contributed by atoms with Gasteiger partial charge in [-0.15, -0.1) is 0 Å². The average Bonchev–Trinajstić information content (AvgIpc) is 1.12. The lowest BCUT2D eigenvalue weighted by molar-refractivity contribution is 0.275. The number of rotatable bonds is 0. The molecular formula is C4H15O4PSi. The summed E-state index contributed by atoms with van der Waals surface area (Å²) in [6.07, 6.45) is 0. The highest BCUT2D eigenvalue weighted by Crippen LogP contribution is 2.25. The molecule has 0 aromatic carbocycles. The Hall–Kier alpha value is 0.327. The standard InChI is InChI=1S/C4H12Si.H3O4P/c2*1-5(2,3)4/h1-4H3;(H3,1,2,3,4). The minimum Gasteiger partial charge on any atom is -0.303 e. The van der Waals surface area contributed by atoms with Crippen molar-refractivity contribution in [2.75, 3.05) is 0 Å². The maximum absolute atomic E-state index is 8.88. The first kappa shape index (κ1) is 13.0. The molecule has 0 rings (SSSR count). The Kier molecular flexibility index (Phi) is 5.51. The molecule has 0 aliphatic heterocycles. The monoisotopic (exact) mass is 186 g/mol. The first-order valence-electron chi connectivity index (χ1n) is 2.78. The lowest BCUT2D eigenvalue weighted by atomic mass is 11.8. The average molecular weight is 186 g/mol. The molecule has 0 saturated carbocycles. The molecule has 0 fully saturated rings. The van der Waals surface area contributed by atoms with Gasteiger partial charge in [-0.2, -0.15) is 0 Å². The fraction of sp³-hybridized carbons (Fsp3) is 1.00. The summed E-state index contributed by atoms with van der Waals surface area (Å²) in [5.41, 5.74) is 0.